The molecular formula is C14H16O3. The molecule has 0 saturated carbocycles. The normalized spacial score (nSPS) is 27.1. The Bertz CT molecular complexity index is 438. The van der Waals surface area contributed by atoms with Crippen LogP contribution in [-0.2, 0) is 19.9 Å². The molecule has 1 aliphatic rings. The number of benzene rings is 1. The Morgan fingerprint density at radius 3 is 2.59 bits per heavy atom. The van der Waals surface area contributed by atoms with Crippen molar-refractivity contribution >= 4 is 5.97 Å². The molecule has 1 aromatic carbocycles. The SMILES string of the molecule is C=C(C)C(=O)OC1COC1(C)c1ccccc1. The minimum absolute atomic E-state index is 0.242. The van der Waals surface area contributed by atoms with Gasteiger partial charge in [-0.25, -0.2) is 4.79 Å². The van der Waals surface area contributed by atoms with E-state index in [9.17, 15) is 4.79 Å². The minimum atomic E-state index is -0.535. The summed E-state index contributed by atoms with van der Waals surface area (Å²) < 4.78 is 10.9. The van der Waals surface area contributed by atoms with Crippen LogP contribution in [0.5, 0.6) is 0 Å². The highest BCUT2D eigenvalue weighted by atomic mass is 16.6. The molecule has 0 amide bonds. The first-order chi connectivity index (χ1) is 8.04. The van der Waals surface area contributed by atoms with Gasteiger partial charge >= 0.3 is 5.97 Å². The minimum Gasteiger partial charge on any atom is -0.453 e. The molecule has 1 aromatic rings. The molecule has 0 spiro atoms. The largest absolute Gasteiger partial charge is 0.453 e. The van der Waals surface area contributed by atoms with Gasteiger partial charge in [0.25, 0.3) is 0 Å². The highest BCUT2D eigenvalue weighted by Gasteiger charge is 2.48. The molecule has 0 radical (unpaired) electrons. The molecule has 0 aromatic heterocycles. The number of hydrogen-bond donors (Lipinski definition) is 0. The van der Waals surface area contributed by atoms with Gasteiger partial charge in [0, 0.05) is 5.57 Å². The molecule has 0 aliphatic carbocycles. The Kier molecular flexibility index (Phi) is 3.03. The fourth-order valence-electron chi connectivity index (χ4n) is 1.82. The number of hydrogen-bond acceptors (Lipinski definition) is 3. The highest BCUT2D eigenvalue weighted by Crippen LogP contribution is 2.39. The fourth-order valence-corrected chi connectivity index (χ4v) is 1.82. The van der Waals surface area contributed by atoms with Crippen LogP contribution in [0.15, 0.2) is 42.5 Å². The number of rotatable bonds is 3. The summed E-state index contributed by atoms with van der Waals surface area (Å²) in [6.45, 7) is 7.58. The van der Waals surface area contributed by atoms with E-state index < -0.39 is 5.60 Å². The third-order valence-electron chi connectivity index (χ3n) is 3.09. The third kappa shape index (κ3) is 2.11. The van der Waals surface area contributed by atoms with Crippen molar-refractivity contribution in [1.29, 1.82) is 0 Å². The van der Waals surface area contributed by atoms with Gasteiger partial charge in [-0.2, -0.15) is 0 Å². The summed E-state index contributed by atoms with van der Waals surface area (Å²) in [5, 5.41) is 0. The van der Waals surface area contributed by atoms with Crippen LogP contribution in [-0.4, -0.2) is 18.7 Å². The lowest BCUT2D eigenvalue weighted by Gasteiger charge is -2.46. The van der Waals surface area contributed by atoms with Crippen molar-refractivity contribution in [2.24, 2.45) is 0 Å². The van der Waals surface area contributed by atoms with E-state index in [1.165, 1.54) is 0 Å². The lowest BCUT2D eigenvalue weighted by Crippen LogP contribution is -2.55. The van der Waals surface area contributed by atoms with Gasteiger partial charge in [-0.15, -0.1) is 0 Å². The molecule has 2 atom stereocenters. The van der Waals surface area contributed by atoms with E-state index in [0.717, 1.165) is 5.56 Å². The Morgan fingerprint density at radius 1 is 1.47 bits per heavy atom. The summed E-state index contributed by atoms with van der Waals surface area (Å²) in [6.07, 6.45) is -0.242. The molecule has 2 unspecified atom stereocenters. The van der Waals surface area contributed by atoms with Crippen LogP contribution in [0, 0.1) is 0 Å². The maximum Gasteiger partial charge on any atom is 0.333 e. The smallest absolute Gasteiger partial charge is 0.333 e. The molecule has 3 nitrogen and oxygen atoms in total. The van der Waals surface area contributed by atoms with Crippen molar-refractivity contribution in [3.63, 3.8) is 0 Å². The topological polar surface area (TPSA) is 35.5 Å². The van der Waals surface area contributed by atoms with E-state index in [1.807, 2.05) is 37.3 Å². The van der Waals surface area contributed by atoms with Crippen LogP contribution in [0.1, 0.15) is 19.4 Å². The summed E-state index contributed by atoms with van der Waals surface area (Å²) in [6, 6.07) is 9.78. The average molecular weight is 232 g/mol. The van der Waals surface area contributed by atoms with Crippen LogP contribution >= 0.6 is 0 Å². The number of carbonyl (C=O) groups excluding carboxylic acids is 1. The van der Waals surface area contributed by atoms with Crippen molar-refractivity contribution in [3.05, 3.63) is 48.0 Å². The standard InChI is InChI=1S/C14H16O3/c1-10(2)13(15)17-12-9-16-14(12,3)11-7-5-4-6-8-11/h4-8,12H,1,9H2,2-3H3. The zero-order chi connectivity index (χ0) is 12.5. The fraction of sp³-hybridized carbons (Fsp3) is 0.357. The Balaban J connectivity index is 2.12. The highest BCUT2D eigenvalue weighted by molar-refractivity contribution is 5.87. The van der Waals surface area contributed by atoms with Crippen LogP contribution < -0.4 is 0 Å². The molecule has 1 fully saturated rings. The molecular weight excluding hydrogens is 216 g/mol. The lowest BCUT2D eigenvalue weighted by molar-refractivity contribution is -0.247. The number of esters is 1. The van der Waals surface area contributed by atoms with Gasteiger partial charge in [-0.3, -0.25) is 0 Å². The molecule has 3 heteroatoms. The molecule has 2 rings (SSSR count). The zero-order valence-corrected chi connectivity index (χ0v) is 10.1. The number of carbonyl (C=O) groups is 1. The second kappa shape index (κ2) is 4.34. The predicted molar refractivity (Wildman–Crippen MR) is 64.4 cm³/mol. The second-order valence-corrected chi connectivity index (χ2v) is 4.46. The van der Waals surface area contributed by atoms with Crippen LogP contribution in [0.4, 0.5) is 0 Å². The maximum absolute atomic E-state index is 11.5. The molecule has 1 heterocycles. The lowest BCUT2D eigenvalue weighted by atomic mass is 9.86. The molecule has 0 bridgehead atoms. The summed E-state index contributed by atoms with van der Waals surface area (Å²) >= 11 is 0. The number of ether oxygens (including phenoxy) is 2. The molecule has 1 aliphatic heterocycles. The van der Waals surface area contributed by atoms with Crippen molar-refractivity contribution in [1.82, 2.24) is 0 Å². The monoisotopic (exact) mass is 232 g/mol. The van der Waals surface area contributed by atoms with Crippen molar-refractivity contribution in [2.75, 3.05) is 6.61 Å². The van der Waals surface area contributed by atoms with Crippen molar-refractivity contribution in [3.8, 4) is 0 Å². The first-order valence-corrected chi connectivity index (χ1v) is 5.60. The van der Waals surface area contributed by atoms with E-state index >= 15 is 0 Å². The average Bonchev–Trinajstić information content (AvgIpc) is 2.34. The quantitative estimate of drug-likeness (QED) is 0.593. The Hall–Kier alpha value is -1.61. The summed E-state index contributed by atoms with van der Waals surface area (Å²) in [7, 11) is 0. The van der Waals surface area contributed by atoms with Gasteiger partial charge in [0.05, 0.1) is 6.61 Å². The Labute approximate surface area is 101 Å². The van der Waals surface area contributed by atoms with Gasteiger partial charge in [0.2, 0.25) is 0 Å². The van der Waals surface area contributed by atoms with Crippen molar-refractivity contribution in [2.45, 2.75) is 25.6 Å². The molecule has 1 saturated heterocycles. The van der Waals surface area contributed by atoms with Gasteiger partial charge in [0.1, 0.15) is 5.60 Å². The van der Waals surface area contributed by atoms with E-state index in [0.29, 0.717) is 12.2 Å². The van der Waals surface area contributed by atoms with Gasteiger partial charge in [0.15, 0.2) is 6.10 Å². The predicted octanol–water partition coefficient (Wildman–Crippen LogP) is 2.42. The van der Waals surface area contributed by atoms with Gasteiger partial charge in [-0.1, -0.05) is 36.9 Å². The van der Waals surface area contributed by atoms with Crippen LogP contribution in [0.25, 0.3) is 0 Å². The summed E-state index contributed by atoms with van der Waals surface area (Å²) in [4.78, 5) is 11.5. The third-order valence-corrected chi connectivity index (χ3v) is 3.09. The molecule has 0 N–H and O–H groups in total. The Morgan fingerprint density at radius 2 is 2.12 bits per heavy atom. The van der Waals surface area contributed by atoms with Crippen LogP contribution in [0.2, 0.25) is 0 Å². The molecule has 90 valence electrons. The second-order valence-electron chi connectivity index (χ2n) is 4.46. The van der Waals surface area contributed by atoms with E-state index in [1.54, 1.807) is 6.92 Å². The first-order valence-electron chi connectivity index (χ1n) is 5.60. The molecule has 17 heavy (non-hydrogen) atoms. The first kappa shape index (κ1) is 11.9. The summed E-state index contributed by atoms with van der Waals surface area (Å²) in [5.41, 5.74) is 0.893. The van der Waals surface area contributed by atoms with E-state index in [2.05, 4.69) is 6.58 Å². The van der Waals surface area contributed by atoms with Gasteiger partial charge < -0.3 is 9.47 Å². The van der Waals surface area contributed by atoms with Crippen molar-refractivity contribution < 1.29 is 14.3 Å². The van der Waals surface area contributed by atoms with Gasteiger partial charge in [-0.05, 0) is 19.4 Å². The zero-order valence-electron chi connectivity index (χ0n) is 10.1. The van der Waals surface area contributed by atoms with E-state index in [-0.39, 0.29) is 12.1 Å². The summed E-state index contributed by atoms with van der Waals surface area (Å²) in [5.74, 6) is -0.361. The van der Waals surface area contributed by atoms with E-state index in [4.69, 9.17) is 9.47 Å². The maximum atomic E-state index is 11.5. The van der Waals surface area contributed by atoms with Crippen LogP contribution in [0.3, 0.4) is 0 Å².